The van der Waals surface area contributed by atoms with Crippen LogP contribution in [-0.2, 0) is 14.3 Å². The van der Waals surface area contributed by atoms with E-state index in [4.69, 9.17) is 4.74 Å². The Morgan fingerprint density at radius 1 is 1.23 bits per heavy atom. The molecule has 120 valence electrons. The van der Waals surface area contributed by atoms with E-state index in [1.54, 1.807) is 24.3 Å². The molecule has 0 aliphatic heterocycles. The van der Waals surface area contributed by atoms with Gasteiger partial charge in [-0.15, -0.1) is 0 Å². The monoisotopic (exact) mass is 370 g/mol. The Morgan fingerprint density at radius 3 is 2.50 bits per heavy atom. The zero-order valence-electron chi connectivity index (χ0n) is 12.7. The zero-order valence-corrected chi connectivity index (χ0v) is 14.3. The first kappa shape index (κ1) is 18.2. The van der Waals surface area contributed by atoms with E-state index in [0.29, 0.717) is 5.56 Å². The largest absolute Gasteiger partial charge is 0.451 e. The summed E-state index contributed by atoms with van der Waals surface area (Å²) >= 11 is 3.26. The number of carbonyl (C=O) groups excluding carboxylic acids is 3. The van der Waals surface area contributed by atoms with Crippen LogP contribution in [0.2, 0.25) is 0 Å². The molecular formula is C15H19BrN2O4. The van der Waals surface area contributed by atoms with Crippen molar-refractivity contribution in [2.75, 3.05) is 6.54 Å². The third kappa shape index (κ3) is 6.26. The summed E-state index contributed by atoms with van der Waals surface area (Å²) in [4.78, 5) is 35.1. The van der Waals surface area contributed by atoms with E-state index in [2.05, 4.69) is 26.6 Å². The lowest BCUT2D eigenvalue weighted by molar-refractivity contribution is -0.153. The Morgan fingerprint density at radius 2 is 1.91 bits per heavy atom. The average molecular weight is 371 g/mol. The quantitative estimate of drug-likeness (QED) is 0.745. The molecule has 0 saturated carbocycles. The Balaban J connectivity index is 2.43. The lowest BCUT2D eigenvalue weighted by Crippen LogP contribution is -2.41. The summed E-state index contributed by atoms with van der Waals surface area (Å²) in [6.45, 7) is 4.80. The van der Waals surface area contributed by atoms with Crippen LogP contribution in [0.25, 0.3) is 0 Å². The van der Waals surface area contributed by atoms with Crippen molar-refractivity contribution in [3.8, 4) is 0 Å². The summed E-state index contributed by atoms with van der Waals surface area (Å²) in [7, 11) is 0. The maximum Gasteiger partial charge on any atom is 0.326 e. The predicted molar refractivity (Wildman–Crippen MR) is 85.3 cm³/mol. The van der Waals surface area contributed by atoms with E-state index in [0.717, 1.165) is 4.47 Å². The molecule has 0 aliphatic rings. The summed E-state index contributed by atoms with van der Waals surface area (Å²) in [6.07, 6.45) is -0.905. The number of hydrogen-bond acceptors (Lipinski definition) is 4. The highest BCUT2D eigenvalue weighted by molar-refractivity contribution is 9.10. The number of ether oxygens (including phenoxy) is 1. The topological polar surface area (TPSA) is 84.5 Å². The number of nitrogens with one attached hydrogen (secondary N) is 2. The van der Waals surface area contributed by atoms with E-state index < -0.39 is 18.0 Å². The van der Waals surface area contributed by atoms with Gasteiger partial charge in [0.25, 0.3) is 11.8 Å². The molecule has 2 N–H and O–H groups in total. The number of benzene rings is 1. The van der Waals surface area contributed by atoms with E-state index in [9.17, 15) is 14.4 Å². The van der Waals surface area contributed by atoms with Crippen molar-refractivity contribution in [2.24, 2.45) is 0 Å². The molecule has 0 aromatic heterocycles. The molecular weight excluding hydrogens is 352 g/mol. The van der Waals surface area contributed by atoms with Gasteiger partial charge >= 0.3 is 5.97 Å². The lowest BCUT2D eigenvalue weighted by Gasteiger charge is -2.15. The number of amides is 2. The van der Waals surface area contributed by atoms with Crippen LogP contribution in [0.4, 0.5) is 0 Å². The minimum atomic E-state index is -0.905. The molecule has 22 heavy (non-hydrogen) atoms. The van der Waals surface area contributed by atoms with Gasteiger partial charge in [0.15, 0.2) is 6.10 Å². The average Bonchev–Trinajstić information content (AvgIpc) is 2.43. The van der Waals surface area contributed by atoms with Gasteiger partial charge in [-0.05, 0) is 39.0 Å². The predicted octanol–water partition coefficient (Wildman–Crippen LogP) is 1.64. The van der Waals surface area contributed by atoms with Gasteiger partial charge in [0.1, 0.15) is 6.54 Å². The molecule has 0 heterocycles. The molecule has 6 nitrogen and oxygen atoms in total. The molecule has 1 aromatic rings. The van der Waals surface area contributed by atoms with Crippen LogP contribution in [0.3, 0.4) is 0 Å². The maximum absolute atomic E-state index is 11.8. The Kier molecular flexibility index (Phi) is 7.04. The highest BCUT2D eigenvalue weighted by atomic mass is 79.9. The maximum atomic E-state index is 11.8. The van der Waals surface area contributed by atoms with Gasteiger partial charge in [-0.2, -0.15) is 0 Å². The van der Waals surface area contributed by atoms with Crippen molar-refractivity contribution in [3.05, 3.63) is 34.3 Å². The van der Waals surface area contributed by atoms with Gasteiger partial charge in [-0.3, -0.25) is 14.4 Å². The van der Waals surface area contributed by atoms with Crippen LogP contribution in [0.1, 0.15) is 31.1 Å². The smallest absolute Gasteiger partial charge is 0.326 e. The van der Waals surface area contributed by atoms with Crippen molar-refractivity contribution in [1.82, 2.24) is 10.6 Å². The van der Waals surface area contributed by atoms with E-state index in [-0.39, 0.29) is 18.5 Å². The number of rotatable bonds is 6. The van der Waals surface area contributed by atoms with Gasteiger partial charge in [0.2, 0.25) is 0 Å². The molecule has 1 unspecified atom stereocenters. The second-order valence-electron chi connectivity index (χ2n) is 4.99. The summed E-state index contributed by atoms with van der Waals surface area (Å²) in [5.74, 6) is -1.44. The van der Waals surface area contributed by atoms with Gasteiger partial charge in [0, 0.05) is 16.1 Å². The second kappa shape index (κ2) is 8.53. The third-order valence-electron chi connectivity index (χ3n) is 2.59. The van der Waals surface area contributed by atoms with Crippen molar-refractivity contribution in [2.45, 2.75) is 32.9 Å². The molecule has 2 amide bonds. The number of halogens is 1. The fourth-order valence-electron chi connectivity index (χ4n) is 1.58. The minimum absolute atomic E-state index is 0.0371. The Hall–Kier alpha value is -1.89. The standard InChI is InChI=1S/C15H19BrN2O4/c1-9(2)18-14(20)10(3)22-13(19)8-17-15(21)11-5-4-6-12(16)7-11/h4-7,9-10H,8H2,1-3H3,(H,17,21)(H,18,20). The second-order valence-corrected chi connectivity index (χ2v) is 5.90. The molecule has 0 radical (unpaired) electrons. The molecule has 7 heteroatoms. The summed E-state index contributed by atoms with van der Waals surface area (Å²) in [6, 6.07) is 6.74. The van der Waals surface area contributed by atoms with Crippen LogP contribution < -0.4 is 10.6 Å². The van der Waals surface area contributed by atoms with Crippen LogP contribution in [0.5, 0.6) is 0 Å². The SMILES string of the molecule is CC(C)NC(=O)C(C)OC(=O)CNC(=O)c1cccc(Br)c1. The number of esters is 1. The van der Waals surface area contributed by atoms with Crippen LogP contribution in [0, 0.1) is 0 Å². The fraction of sp³-hybridized carbons (Fsp3) is 0.400. The van der Waals surface area contributed by atoms with Crippen LogP contribution in [-0.4, -0.2) is 36.5 Å². The molecule has 0 fully saturated rings. The summed E-state index contributed by atoms with van der Waals surface area (Å²) < 4.78 is 5.71. The van der Waals surface area contributed by atoms with E-state index in [1.807, 2.05) is 13.8 Å². The molecule has 1 rings (SSSR count). The third-order valence-corrected chi connectivity index (χ3v) is 3.08. The molecule has 0 spiro atoms. The summed E-state index contributed by atoms with van der Waals surface area (Å²) in [5.41, 5.74) is 0.424. The molecule has 0 bridgehead atoms. The first-order valence-corrected chi connectivity index (χ1v) is 7.62. The Bertz CT molecular complexity index is 560. The van der Waals surface area contributed by atoms with E-state index in [1.165, 1.54) is 6.92 Å². The van der Waals surface area contributed by atoms with Crippen molar-refractivity contribution >= 4 is 33.7 Å². The normalized spacial score (nSPS) is 11.7. The first-order chi connectivity index (χ1) is 10.3. The highest BCUT2D eigenvalue weighted by Gasteiger charge is 2.18. The molecule has 1 aromatic carbocycles. The minimum Gasteiger partial charge on any atom is -0.451 e. The molecule has 0 aliphatic carbocycles. The van der Waals surface area contributed by atoms with Crippen molar-refractivity contribution in [1.29, 1.82) is 0 Å². The van der Waals surface area contributed by atoms with Gasteiger partial charge in [0.05, 0.1) is 0 Å². The molecule has 1 atom stereocenters. The zero-order chi connectivity index (χ0) is 16.7. The van der Waals surface area contributed by atoms with Gasteiger partial charge in [-0.25, -0.2) is 0 Å². The first-order valence-electron chi connectivity index (χ1n) is 6.83. The van der Waals surface area contributed by atoms with E-state index >= 15 is 0 Å². The van der Waals surface area contributed by atoms with Crippen LogP contribution >= 0.6 is 15.9 Å². The Labute approximate surface area is 137 Å². The fourth-order valence-corrected chi connectivity index (χ4v) is 1.98. The highest BCUT2D eigenvalue weighted by Crippen LogP contribution is 2.11. The van der Waals surface area contributed by atoms with Gasteiger partial charge < -0.3 is 15.4 Å². The lowest BCUT2D eigenvalue weighted by atomic mass is 10.2. The van der Waals surface area contributed by atoms with Crippen molar-refractivity contribution in [3.63, 3.8) is 0 Å². The molecule has 0 saturated heterocycles. The number of hydrogen-bond donors (Lipinski definition) is 2. The van der Waals surface area contributed by atoms with Gasteiger partial charge in [-0.1, -0.05) is 22.0 Å². The summed E-state index contributed by atoms with van der Waals surface area (Å²) in [5, 5.41) is 5.08. The number of carbonyl (C=O) groups is 3. The van der Waals surface area contributed by atoms with Crippen molar-refractivity contribution < 1.29 is 19.1 Å². The van der Waals surface area contributed by atoms with Crippen LogP contribution in [0.15, 0.2) is 28.7 Å².